The van der Waals surface area contributed by atoms with E-state index in [-0.39, 0.29) is 24.7 Å². The van der Waals surface area contributed by atoms with Crippen LogP contribution < -0.4 is 49.0 Å². The smallest absolute Gasteiger partial charge is 0.159 e. The van der Waals surface area contributed by atoms with Crippen molar-refractivity contribution in [2.45, 2.75) is 180 Å². The van der Waals surface area contributed by atoms with E-state index in [0.29, 0.717) is 11.5 Å². The molecule has 0 saturated carbocycles. The van der Waals surface area contributed by atoms with Crippen molar-refractivity contribution in [3.63, 3.8) is 0 Å². The summed E-state index contributed by atoms with van der Waals surface area (Å²) in [6.07, 6.45) is 4.76. The molecule has 5 aliphatic heterocycles. The average Bonchev–Trinajstić information content (AvgIpc) is 1.59. The summed E-state index contributed by atoms with van der Waals surface area (Å²) in [7, 11) is 0. The number of rotatable bonds is 9. The minimum absolute atomic E-state index is 0.00223. The van der Waals surface area contributed by atoms with Gasteiger partial charge in [-0.15, -0.1) is 0 Å². The lowest BCUT2D eigenvalue weighted by Crippen LogP contribution is -2.42. The quantitative estimate of drug-likeness (QED) is 0.135. The second-order valence-electron chi connectivity index (χ2n) is 36.2. The molecule has 0 aliphatic carbocycles. The summed E-state index contributed by atoms with van der Waals surface area (Å²) in [6, 6.07) is 87.1. The monoisotopic (exact) mass is 1760 g/mol. The standard InChI is InChI=1S/2C24H24N2O.2C23H23N3O.C21H19N3O/c2*1-15(2)25-17(4)26(21-11-7-6-10-20(21)25)23-16(3)13-14-19-18-9-5-8-12-22(18)27-24(19)23;2*1-14(2)25-16(4)26(23-19(25)9-7-13-24-23)21-15(3)11-12-18-17-8-5-6-10-20(17)27-22(18)21;1-13-10-11-16-15-7-4-5-9-18(15)25-20(16)19(13)24-14(2)23(3)17-8-6-12-22-21(17)24/h2*5-15,17H,1-4H3;2*5-14,16H,1-4H3;4-12,14H,1-3H3/i2*15D;2*14D;3D3. The molecular weight excluding hydrogens is 1640 g/mol. The molecule has 0 N–H and O–H groups in total. The number of fused-ring (bicyclic) bond motifs is 20. The van der Waals surface area contributed by atoms with Crippen LogP contribution in [-0.4, -0.2) is 76.8 Å². The SMILES string of the molecule is [2H]C(C)(C)N1c2ccccc2N(c2c(C)ccc3c2oc2ccccc23)C1C.[2H]C(C)(C)N1c2ccccc2N(c2c(C)ccc3c2oc2ccccc23)C1C.[2H]C(C)(C)N1c2cccnc2N(c2c(C)ccc3c2oc2ccccc23)C1C.[2H]C(C)(C)N1c2cccnc2N(c2c(C)ccc3c2oc2ccccc23)C1C.[2H]C([2H])([2H])N1c2cccnc2N(c2c(C)ccc3c2oc2ccccc23)C1C. The predicted octanol–water partition coefficient (Wildman–Crippen LogP) is 30.4. The fourth-order valence-electron chi connectivity index (χ4n) is 21.4. The van der Waals surface area contributed by atoms with Crippen molar-refractivity contribution in [2.75, 3.05) is 56.0 Å². The van der Waals surface area contributed by atoms with Crippen molar-refractivity contribution in [3.8, 4) is 0 Å². The van der Waals surface area contributed by atoms with E-state index in [2.05, 4.69) is 227 Å². The topological polar surface area (TPSA) is 137 Å². The molecule has 5 atom stereocenters. The molecule has 668 valence electrons. The number of benzene rings is 12. The van der Waals surface area contributed by atoms with Gasteiger partial charge in [0.2, 0.25) is 0 Å². The molecule has 18 heteroatoms. The summed E-state index contributed by atoms with van der Waals surface area (Å²) < 4.78 is 90.5. The van der Waals surface area contributed by atoms with Crippen molar-refractivity contribution >= 4 is 195 Å². The highest BCUT2D eigenvalue weighted by Crippen LogP contribution is 2.56. The average molecular weight is 1760 g/mol. The number of hydrogen-bond acceptors (Lipinski definition) is 18. The van der Waals surface area contributed by atoms with Gasteiger partial charge in [-0.1, -0.05) is 176 Å². The van der Waals surface area contributed by atoms with Gasteiger partial charge in [0.1, 0.15) is 58.7 Å². The Morgan fingerprint density at radius 2 is 0.459 bits per heavy atom. The van der Waals surface area contributed by atoms with Gasteiger partial charge in [-0.25, -0.2) is 15.0 Å². The van der Waals surface area contributed by atoms with E-state index < -0.39 is 37.2 Å². The lowest BCUT2D eigenvalue weighted by atomic mass is 10.1. The van der Waals surface area contributed by atoms with E-state index in [1.165, 1.54) is 4.90 Å². The normalized spacial score (nSPS) is 17.9. The molecule has 5 unspecified atom stereocenters. The number of anilines is 15. The van der Waals surface area contributed by atoms with E-state index in [0.717, 1.165) is 212 Å². The van der Waals surface area contributed by atoms with Gasteiger partial charge >= 0.3 is 0 Å². The number of nitrogens with zero attached hydrogens (tertiary/aromatic N) is 13. The Hall–Kier alpha value is -14.9. The maximum Gasteiger partial charge on any atom is 0.159 e. The van der Waals surface area contributed by atoms with Crippen LogP contribution in [0.25, 0.3) is 110 Å². The minimum atomic E-state index is -2.28. The molecule has 18 nitrogen and oxygen atoms in total. The third kappa shape index (κ3) is 13.7. The van der Waals surface area contributed by atoms with Gasteiger partial charge in [-0.2, -0.15) is 0 Å². The number of pyridine rings is 3. The molecule has 20 aromatic rings. The van der Waals surface area contributed by atoms with E-state index in [1.807, 2.05) is 214 Å². The maximum absolute atomic E-state index is 8.72. The first-order valence-corrected chi connectivity index (χ1v) is 45.9. The number of aryl methyl sites for hydroxylation is 5. The third-order valence-electron chi connectivity index (χ3n) is 27.0. The van der Waals surface area contributed by atoms with Crippen LogP contribution in [-0.2, 0) is 0 Å². The van der Waals surface area contributed by atoms with Crippen molar-refractivity contribution in [3.05, 3.63) is 313 Å². The molecule has 0 spiro atoms. The number of aromatic nitrogens is 3. The van der Waals surface area contributed by atoms with Crippen LogP contribution in [0.15, 0.2) is 308 Å². The largest absolute Gasteiger partial charge is 0.454 e. The second kappa shape index (κ2) is 33.5. The molecule has 5 aliphatic rings. The first-order chi connectivity index (χ1) is 66.9. The number of hydrogen-bond donors (Lipinski definition) is 0. The first-order valence-electron chi connectivity index (χ1n) is 49.4. The van der Waals surface area contributed by atoms with Gasteiger partial charge in [-0.3, -0.25) is 0 Å². The van der Waals surface area contributed by atoms with Crippen LogP contribution >= 0.6 is 0 Å². The van der Waals surface area contributed by atoms with E-state index >= 15 is 0 Å². The van der Waals surface area contributed by atoms with Gasteiger partial charge < -0.3 is 71.1 Å². The van der Waals surface area contributed by atoms with Crippen LogP contribution in [0, 0.1) is 34.6 Å². The van der Waals surface area contributed by atoms with Gasteiger partial charge in [0, 0.05) is 108 Å². The third-order valence-corrected chi connectivity index (χ3v) is 27.0. The molecule has 0 amide bonds. The molecule has 25 rings (SSSR count). The molecule has 0 bridgehead atoms. The summed E-state index contributed by atoms with van der Waals surface area (Å²) in [6.45, 7) is 34.1. The van der Waals surface area contributed by atoms with E-state index in [1.54, 1.807) is 18.3 Å². The zero-order valence-electron chi connectivity index (χ0n) is 85.4. The molecule has 133 heavy (non-hydrogen) atoms. The van der Waals surface area contributed by atoms with Crippen molar-refractivity contribution < 1.29 is 31.7 Å². The Labute approximate surface area is 786 Å². The Balaban J connectivity index is 0.000000104. The highest BCUT2D eigenvalue weighted by Gasteiger charge is 2.44. The highest BCUT2D eigenvalue weighted by atomic mass is 16.3. The molecular formula is C115H113N13O5. The van der Waals surface area contributed by atoms with Crippen molar-refractivity contribution in [2.24, 2.45) is 0 Å². The van der Waals surface area contributed by atoms with Crippen LogP contribution in [0.3, 0.4) is 0 Å². The summed E-state index contributed by atoms with van der Waals surface area (Å²) >= 11 is 0. The van der Waals surface area contributed by atoms with Gasteiger partial charge in [0.05, 0.1) is 73.7 Å². The zero-order chi connectivity index (χ0) is 98.1. The Kier molecular flexibility index (Phi) is 19.4. The highest BCUT2D eigenvalue weighted by molar-refractivity contribution is 6.16. The Morgan fingerprint density at radius 1 is 0.241 bits per heavy atom. The van der Waals surface area contributed by atoms with Crippen LogP contribution in [0.5, 0.6) is 0 Å². The second-order valence-corrected chi connectivity index (χ2v) is 36.2. The Bertz CT molecular complexity index is 7150. The summed E-state index contributed by atoms with van der Waals surface area (Å²) in [5.74, 6) is 2.36. The van der Waals surface area contributed by atoms with Gasteiger partial charge in [-0.05, 0) is 243 Å². The molecule has 0 fully saturated rings. The first kappa shape index (κ1) is 76.9. The fourth-order valence-corrected chi connectivity index (χ4v) is 21.4. The van der Waals surface area contributed by atoms with Crippen LogP contribution in [0.4, 0.5) is 85.7 Å². The van der Waals surface area contributed by atoms with Gasteiger partial charge in [0.25, 0.3) is 0 Å². The van der Waals surface area contributed by atoms with Crippen LogP contribution in [0.2, 0.25) is 0 Å². The number of furan rings is 5. The summed E-state index contributed by atoms with van der Waals surface area (Å²) in [5.41, 5.74) is 26.3. The fraction of sp³-hybridized carbons (Fsp3) is 0.243. The van der Waals surface area contributed by atoms with E-state index in [9.17, 15) is 0 Å². The predicted molar refractivity (Wildman–Crippen MR) is 555 cm³/mol. The molecule has 12 aromatic carbocycles. The molecule has 0 radical (unpaired) electrons. The van der Waals surface area contributed by atoms with Crippen molar-refractivity contribution in [1.29, 1.82) is 0 Å². The van der Waals surface area contributed by atoms with E-state index in [4.69, 9.17) is 41.6 Å². The zero-order valence-corrected chi connectivity index (χ0v) is 78.4. The van der Waals surface area contributed by atoms with Crippen molar-refractivity contribution in [1.82, 2.24) is 15.0 Å². The molecule has 13 heterocycles. The molecule has 8 aromatic heterocycles. The van der Waals surface area contributed by atoms with Gasteiger partial charge in [0.15, 0.2) is 45.4 Å². The minimum Gasteiger partial charge on any atom is -0.454 e. The lowest BCUT2D eigenvalue weighted by Gasteiger charge is -2.33. The summed E-state index contributed by atoms with van der Waals surface area (Å²) in [4.78, 5) is 35.0. The number of para-hydroxylation sites is 9. The summed E-state index contributed by atoms with van der Waals surface area (Å²) in [5, 5.41) is 11.0. The lowest BCUT2D eigenvalue weighted by molar-refractivity contribution is 0.602. The Morgan fingerprint density at radius 3 is 0.737 bits per heavy atom. The molecule has 0 saturated heterocycles. The van der Waals surface area contributed by atoms with Crippen LogP contribution in [0.1, 0.15) is 127 Å². The maximum atomic E-state index is 8.72.